The number of H-pyrrole nitrogens is 1. The smallest absolute Gasteiger partial charge is 0.291 e. The van der Waals surface area contributed by atoms with Crippen molar-refractivity contribution in [2.75, 3.05) is 10.7 Å². The van der Waals surface area contributed by atoms with Crippen LogP contribution < -0.4 is 15.1 Å². The number of carbonyl (C=O) groups is 1. The van der Waals surface area contributed by atoms with Crippen LogP contribution in [0.5, 0.6) is 0 Å². The molecule has 0 unspecified atom stereocenters. The van der Waals surface area contributed by atoms with Crippen molar-refractivity contribution in [3.05, 3.63) is 69.5 Å². The summed E-state index contributed by atoms with van der Waals surface area (Å²) in [5.41, 5.74) is 4.81. The van der Waals surface area contributed by atoms with Crippen molar-refractivity contribution in [1.29, 1.82) is 0 Å². The van der Waals surface area contributed by atoms with Crippen LogP contribution in [0.3, 0.4) is 0 Å². The number of nitrogens with zero attached hydrogens (tertiary/aromatic N) is 3. The molecular formula is C25H29N4O2S+. The van der Waals surface area contributed by atoms with Gasteiger partial charge in [0.15, 0.2) is 0 Å². The van der Waals surface area contributed by atoms with Crippen LogP contribution >= 0.6 is 11.8 Å². The standard InChI is InChI=1S/C25H28N4O2S/c1-5-6-9-14-32-25-26-23(31)22-19-10-7-8-11-21(19)28(18(4)30)24(29(22)27-25)20-15-16(2)12-13-17(20)3/h7-8,10-13,15,24H,5-6,9,14H2,1-4H3/p+1/t24-/m0/s1. The number of thioether (sulfide) groups is 1. The van der Waals surface area contributed by atoms with Crippen LogP contribution in [0.4, 0.5) is 5.69 Å². The van der Waals surface area contributed by atoms with E-state index in [4.69, 9.17) is 5.10 Å². The highest BCUT2D eigenvalue weighted by molar-refractivity contribution is 7.99. The Morgan fingerprint density at radius 2 is 1.97 bits per heavy atom. The van der Waals surface area contributed by atoms with Crippen molar-refractivity contribution in [3.8, 4) is 11.3 Å². The SMILES string of the molecule is CCCCCSc1n[n+]2c(c(=O)[nH]1)-c1ccccc1N(C(C)=O)[C@@H]2c1cc(C)ccc1C. The number of rotatable bonds is 6. The van der Waals surface area contributed by atoms with Gasteiger partial charge in [-0.05, 0) is 48.7 Å². The van der Waals surface area contributed by atoms with Gasteiger partial charge in [-0.1, -0.05) is 61.4 Å². The van der Waals surface area contributed by atoms with Gasteiger partial charge in [0, 0.05) is 23.3 Å². The summed E-state index contributed by atoms with van der Waals surface area (Å²) in [6.07, 6.45) is 2.82. The molecule has 0 aliphatic carbocycles. The second-order valence-electron chi connectivity index (χ2n) is 8.25. The molecule has 166 valence electrons. The van der Waals surface area contributed by atoms with Crippen molar-refractivity contribution >= 4 is 23.4 Å². The van der Waals surface area contributed by atoms with Crippen LogP contribution in [0.15, 0.2) is 52.4 Å². The summed E-state index contributed by atoms with van der Waals surface area (Å²) in [6.45, 7) is 7.79. The van der Waals surface area contributed by atoms with Crippen molar-refractivity contribution in [2.45, 2.75) is 58.3 Å². The van der Waals surface area contributed by atoms with E-state index in [1.807, 2.05) is 38.1 Å². The number of aromatic amines is 1. The number of aryl methyl sites for hydroxylation is 2. The van der Waals surface area contributed by atoms with Crippen molar-refractivity contribution in [1.82, 2.24) is 10.1 Å². The highest BCUT2D eigenvalue weighted by atomic mass is 32.2. The van der Waals surface area contributed by atoms with Crippen LogP contribution in [0.2, 0.25) is 0 Å². The van der Waals surface area contributed by atoms with E-state index in [1.54, 1.807) is 28.3 Å². The summed E-state index contributed by atoms with van der Waals surface area (Å²) >= 11 is 1.55. The lowest BCUT2D eigenvalue weighted by atomic mass is 9.97. The monoisotopic (exact) mass is 449 g/mol. The second-order valence-corrected chi connectivity index (χ2v) is 9.33. The minimum absolute atomic E-state index is 0.0965. The lowest BCUT2D eigenvalue weighted by Gasteiger charge is -2.32. The van der Waals surface area contributed by atoms with E-state index >= 15 is 0 Å². The Hall–Kier alpha value is -2.93. The average molecular weight is 450 g/mol. The van der Waals surface area contributed by atoms with Gasteiger partial charge >= 0.3 is 11.3 Å². The lowest BCUT2D eigenvalue weighted by molar-refractivity contribution is -0.763. The van der Waals surface area contributed by atoms with Gasteiger partial charge < -0.3 is 0 Å². The Morgan fingerprint density at radius 3 is 2.72 bits per heavy atom. The third-order valence-electron chi connectivity index (χ3n) is 5.80. The number of hydrogen-bond donors (Lipinski definition) is 1. The van der Waals surface area contributed by atoms with Gasteiger partial charge in [-0.2, -0.15) is 0 Å². The van der Waals surface area contributed by atoms with Crippen LogP contribution in [-0.4, -0.2) is 21.7 Å². The number of aromatic nitrogens is 3. The first-order chi connectivity index (χ1) is 15.4. The number of unbranched alkanes of at least 4 members (excludes halogenated alkanes) is 2. The van der Waals surface area contributed by atoms with Gasteiger partial charge in [0.25, 0.3) is 6.17 Å². The maximum atomic E-state index is 13.3. The van der Waals surface area contributed by atoms with Gasteiger partial charge in [-0.15, -0.1) is 0 Å². The predicted molar refractivity (Wildman–Crippen MR) is 128 cm³/mol. The van der Waals surface area contributed by atoms with Crippen LogP contribution in [-0.2, 0) is 4.79 Å². The third-order valence-corrected chi connectivity index (χ3v) is 6.75. The molecule has 1 atom stereocenters. The molecule has 1 amide bonds. The van der Waals surface area contributed by atoms with Crippen LogP contribution in [0.25, 0.3) is 11.3 Å². The largest absolute Gasteiger partial charge is 0.325 e. The molecule has 3 aromatic rings. The fraction of sp³-hybridized carbons (Fsp3) is 0.360. The summed E-state index contributed by atoms with van der Waals surface area (Å²) in [6, 6.07) is 13.7. The van der Waals surface area contributed by atoms with Gasteiger partial charge in [0.1, 0.15) is 0 Å². The Labute approximate surface area is 192 Å². The Morgan fingerprint density at radius 1 is 1.19 bits per heavy atom. The topological polar surface area (TPSA) is 69.9 Å². The fourth-order valence-corrected chi connectivity index (χ4v) is 5.07. The number of para-hydroxylation sites is 1. The highest BCUT2D eigenvalue weighted by Gasteiger charge is 2.45. The first-order valence-electron chi connectivity index (χ1n) is 11.1. The molecule has 0 bridgehead atoms. The molecule has 1 aliphatic rings. The first-order valence-corrected chi connectivity index (χ1v) is 12.1. The summed E-state index contributed by atoms with van der Waals surface area (Å²) in [4.78, 5) is 31.0. The summed E-state index contributed by atoms with van der Waals surface area (Å²) < 4.78 is 1.74. The van der Waals surface area contributed by atoms with Gasteiger partial charge in [-0.3, -0.25) is 14.6 Å². The number of benzene rings is 2. The quantitative estimate of drug-likeness (QED) is 0.341. The predicted octanol–water partition coefficient (Wildman–Crippen LogP) is 4.54. The molecule has 6 nitrogen and oxygen atoms in total. The second kappa shape index (κ2) is 9.28. The van der Waals surface area contributed by atoms with E-state index in [-0.39, 0.29) is 11.5 Å². The third kappa shape index (κ3) is 4.09. The average Bonchev–Trinajstić information content (AvgIpc) is 2.77. The first kappa shape index (κ1) is 22.3. The summed E-state index contributed by atoms with van der Waals surface area (Å²) in [5, 5.41) is 5.44. The normalized spacial score (nSPS) is 14.8. The molecule has 7 heteroatoms. The summed E-state index contributed by atoms with van der Waals surface area (Å²) in [5.74, 6) is 0.790. The van der Waals surface area contributed by atoms with Crippen molar-refractivity contribution < 1.29 is 9.48 Å². The lowest BCUT2D eigenvalue weighted by Crippen LogP contribution is -2.60. The van der Waals surface area contributed by atoms with Gasteiger partial charge in [0.2, 0.25) is 11.1 Å². The zero-order valence-corrected chi connectivity index (χ0v) is 19.8. The van der Waals surface area contributed by atoms with Crippen LogP contribution in [0, 0.1) is 13.8 Å². The van der Waals surface area contributed by atoms with Crippen molar-refractivity contribution in [3.63, 3.8) is 0 Å². The molecular weight excluding hydrogens is 420 g/mol. The van der Waals surface area contributed by atoms with E-state index in [0.717, 1.165) is 47.4 Å². The molecule has 2 heterocycles. The number of anilines is 1. The Kier molecular flexibility index (Phi) is 6.46. The Bertz CT molecular complexity index is 1220. The summed E-state index contributed by atoms with van der Waals surface area (Å²) in [7, 11) is 0. The molecule has 0 spiro atoms. The Balaban J connectivity index is 1.95. The minimum Gasteiger partial charge on any atom is -0.291 e. The molecule has 32 heavy (non-hydrogen) atoms. The zero-order chi connectivity index (χ0) is 22.8. The number of hydrogen-bond acceptors (Lipinski definition) is 4. The molecule has 0 radical (unpaired) electrons. The molecule has 1 aromatic heterocycles. The van der Waals surface area contributed by atoms with Gasteiger partial charge in [-0.25, -0.2) is 4.90 Å². The number of carbonyl (C=O) groups excluding carboxylic acids is 1. The highest BCUT2D eigenvalue weighted by Crippen LogP contribution is 2.38. The maximum absolute atomic E-state index is 13.3. The van der Waals surface area contributed by atoms with Crippen LogP contribution in [0.1, 0.15) is 56.0 Å². The molecule has 1 aliphatic heterocycles. The van der Waals surface area contributed by atoms with E-state index in [1.165, 1.54) is 0 Å². The number of nitrogens with one attached hydrogen (secondary N) is 1. The van der Waals surface area contributed by atoms with Gasteiger partial charge in [0.05, 0.1) is 11.3 Å². The van der Waals surface area contributed by atoms with E-state index < -0.39 is 6.17 Å². The number of fused-ring (bicyclic) bond motifs is 3. The van der Waals surface area contributed by atoms with E-state index in [0.29, 0.717) is 16.4 Å². The zero-order valence-electron chi connectivity index (χ0n) is 19.0. The minimum atomic E-state index is -0.533. The molecule has 0 saturated carbocycles. The van der Waals surface area contributed by atoms with Crippen molar-refractivity contribution in [2.24, 2.45) is 0 Å². The molecule has 2 aromatic carbocycles. The number of amides is 1. The van der Waals surface area contributed by atoms with E-state index in [2.05, 4.69) is 30.1 Å². The molecule has 0 saturated heterocycles. The molecule has 1 N–H and O–H groups in total. The molecule has 4 rings (SSSR count). The molecule has 0 fully saturated rings. The fourth-order valence-electron chi connectivity index (χ4n) is 4.22. The maximum Gasteiger partial charge on any atom is 0.325 e. The van der Waals surface area contributed by atoms with E-state index in [9.17, 15) is 9.59 Å².